The Morgan fingerprint density at radius 3 is 3.13 bits per heavy atom. The molecule has 2 aromatic rings. The maximum absolute atomic E-state index is 12.4. The lowest BCUT2D eigenvalue weighted by molar-refractivity contribution is -0.118. The molecular weight excluding hydrogens is 294 g/mol. The van der Waals surface area contributed by atoms with Crippen molar-refractivity contribution in [3.63, 3.8) is 0 Å². The second-order valence-corrected chi connectivity index (χ2v) is 5.32. The molecule has 0 saturated carbocycles. The fourth-order valence-corrected chi connectivity index (χ4v) is 2.41. The van der Waals surface area contributed by atoms with Gasteiger partial charge in [0.05, 0.1) is 24.4 Å². The van der Waals surface area contributed by atoms with Gasteiger partial charge in [-0.3, -0.25) is 9.89 Å². The molecule has 0 spiro atoms. The van der Waals surface area contributed by atoms with Crippen LogP contribution in [0.3, 0.4) is 0 Å². The minimum Gasteiger partial charge on any atom is -0.494 e. The van der Waals surface area contributed by atoms with Gasteiger partial charge in [0.2, 0.25) is 0 Å². The fraction of sp³-hybridized carbons (Fsp3) is 0.294. The minimum absolute atomic E-state index is 0.127. The monoisotopic (exact) mass is 313 g/mol. The Kier molecular flexibility index (Phi) is 4.32. The summed E-state index contributed by atoms with van der Waals surface area (Å²) >= 11 is 0. The molecule has 0 fully saturated rings. The predicted octanol–water partition coefficient (Wildman–Crippen LogP) is 2.46. The van der Waals surface area contributed by atoms with Gasteiger partial charge in [-0.25, -0.2) is 0 Å². The van der Waals surface area contributed by atoms with E-state index in [-0.39, 0.29) is 18.6 Å². The van der Waals surface area contributed by atoms with E-state index in [4.69, 9.17) is 9.47 Å². The maximum Gasteiger partial charge on any atom is 0.251 e. The van der Waals surface area contributed by atoms with Gasteiger partial charge in [-0.1, -0.05) is 0 Å². The van der Waals surface area contributed by atoms with Gasteiger partial charge in [-0.15, -0.1) is 0 Å². The number of benzene rings is 1. The van der Waals surface area contributed by atoms with E-state index < -0.39 is 0 Å². The molecule has 1 aliphatic heterocycles. The van der Waals surface area contributed by atoms with E-state index in [0.717, 1.165) is 22.6 Å². The summed E-state index contributed by atoms with van der Waals surface area (Å²) in [7, 11) is 0. The number of H-pyrrole nitrogens is 1. The maximum atomic E-state index is 12.4. The summed E-state index contributed by atoms with van der Waals surface area (Å²) < 4.78 is 11.1. The summed E-state index contributed by atoms with van der Waals surface area (Å²) in [5, 5.41) is 9.57. The fourth-order valence-electron chi connectivity index (χ4n) is 2.41. The number of nitrogens with zero attached hydrogens (tertiary/aromatic N) is 1. The number of nitrogens with one attached hydrogen (secondary N) is 2. The summed E-state index contributed by atoms with van der Waals surface area (Å²) in [4.78, 5) is 12.4. The Labute approximate surface area is 134 Å². The largest absolute Gasteiger partial charge is 0.494 e. The van der Waals surface area contributed by atoms with Gasteiger partial charge in [0.15, 0.2) is 0 Å². The normalized spacial score (nSPS) is 14.3. The lowest BCUT2D eigenvalue weighted by atomic mass is 10.1. The van der Waals surface area contributed by atoms with Gasteiger partial charge in [0.25, 0.3) is 5.91 Å². The van der Waals surface area contributed by atoms with Crippen molar-refractivity contribution in [1.82, 2.24) is 15.5 Å². The van der Waals surface area contributed by atoms with Gasteiger partial charge >= 0.3 is 0 Å². The zero-order valence-corrected chi connectivity index (χ0v) is 13.1. The van der Waals surface area contributed by atoms with E-state index >= 15 is 0 Å². The SMILES string of the molecule is CCOc1ccc2c(c1)C=C(C(=O)N[C@H](C)c1cn[nH]c1)CO2. The third-order valence-corrected chi connectivity index (χ3v) is 3.66. The number of hydrogen-bond donors (Lipinski definition) is 2. The first kappa shape index (κ1) is 15.1. The summed E-state index contributed by atoms with van der Waals surface area (Å²) in [5.74, 6) is 1.37. The molecule has 0 saturated heterocycles. The molecular formula is C17H19N3O3. The molecule has 23 heavy (non-hydrogen) atoms. The molecule has 1 aliphatic rings. The zero-order chi connectivity index (χ0) is 16.2. The van der Waals surface area contributed by atoms with Crippen molar-refractivity contribution in [3.8, 4) is 11.5 Å². The molecule has 120 valence electrons. The van der Waals surface area contributed by atoms with Crippen molar-refractivity contribution in [2.24, 2.45) is 0 Å². The summed E-state index contributed by atoms with van der Waals surface area (Å²) in [5.41, 5.74) is 2.36. The quantitative estimate of drug-likeness (QED) is 0.889. The van der Waals surface area contributed by atoms with Crippen LogP contribution in [0.2, 0.25) is 0 Å². The third-order valence-electron chi connectivity index (χ3n) is 3.66. The number of aromatic nitrogens is 2. The second kappa shape index (κ2) is 6.56. The van der Waals surface area contributed by atoms with E-state index in [1.165, 1.54) is 0 Å². The number of fused-ring (bicyclic) bond motifs is 1. The van der Waals surface area contributed by atoms with Crippen molar-refractivity contribution in [2.45, 2.75) is 19.9 Å². The highest BCUT2D eigenvalue weighted by Gasteiger charge is 2.19. The number of carbonyl (C=O) groups is 1. The van der Waals surface area contributed by atoms with Crippen LogP contribution in [0.5, 0.6) is 11.5 Å². The van der Waals surface area contributed by atoms with Crippen LogP contribution in [0, 0.1) is 0 Å². The highest BCUT2D eigenvalue weighted by Crippen LogP contribution is 2.30. The number of ether oxygens (including phenoxy) is 2. The molecule has 1 aromatic carbocycles. The summed E-state index contributed by atoms with van der Waals surface area (Å²) in [6.45, 7) is 4.69. The molecule has 2 N–H and O–H groups in total. The highest BCUT2D eigenvalue weighted by molar-refractivity contribution is 5.99. The molecule has 0 unspecified atom stereocenters. The van der Waals surface area contributed by atoms with Crippen molar-refractivity contribution >= 4 is 12.0 Å². The lowest BCUT2D eigenvalue weighted by Crippen LogP contribution is -2.30. The number of rotatable bonds is 5. The van der Waals surface area contributed by atoms with Crippen LogP contribution in [-0.2, 0) is 4.79 Å². The first-order valence-corrected chi connectivity index (χ1v) is 7.57. The average molecular weight is 313 g/mol. The van der Waals surface area contributed by atoms with Crippen molar-refractivity contribution in [1.29, 1.82) is 0 Å². The predicted molar refractivity (Wildman–Crippen MR) is 86.2 cm³/mol. The second-order valence-electron chi connectivity index (χ2n) is 5.32. The number of hydrogen-bond acceptors (Lipinski definition) is 4. The Morgan fingerprint density at radius 2 is 2.39 bits per heavy atom. The van der Waals surface area contributed by atoms with Gasteiger partial charge in [0, 0.05) is 17.3 Å². The van der Waals surface area contributed by atoms with Gasteiger partial charge in [-0.05, 0) is 38.1 Å². The first-order valence-electron chi connectivity index (χ1n) is 7.57. The van der Waals surface area contributed by atoms with Gasteiger partial charge < -0.3 is 14.8 Å². The van der Waals surface area contributed by atoms with Crippen LogP contribution < -0.4 is 14.8 Å². The molecule has 0 bridgehead atoms. The minimum atomic E-state index is -0.147. The van der Waals surface area contributed by atoms with Crippen LogP contribution >= 0.6 is 0 Å². The molecule has 1 amide bonds. The molecule has 0 aliphatic carbocycles. The number of aromatic amines is 1. The van der Waals surface area contributed by atoms with E-state index in [0.29, 0.717) is 12.2 Å². The average Bonchev–Trinajstić information content (AvgIpc) is 3.09. The Balaban J connectivity index is 1.75. The van der Waals surface area contributed by atoms with Crippen LogP contribution in [0.1, 0.15) is 31.0 Å². The van der Waals surface area contributed by atoms with Crippen molar-refractivity contribution in [3.05, 3.63) is 47.3 Å². The number of carbonyl (C=O) groups excluding carboxylic acids is 1. The van der Waals surface area contributed by atoms with E-state index in [1.54, 1.807) is 12.4 Å². The lowest BCUT2D eigenvalue weighted by Gasteiger charge is -2.20. The van der Waals surface area contributed by atoms with E-state index in [9.17, 15) is 4.79 Å². The van der Waals surface area contributed by atoms with Crippen LogP contribution in [0.15, 0.2) is 36.2 Å². The Bertz CT molecular complexity index is 723. The van der Waals surface area contributed by atoms with E-state index in [2.05, 4.69) is 15.5 Å². The van der Waals surface area contributed by atoms with Crippen LogP contribution in [-0.4, -0.2) is 29.3 Å². The molecule has 6 nitrogen and oxygen atoms in total. The van der Waals surface area contributed by atoms with Gasteiger partial charge in [0.1, 0.15) is 18.1 Å². The Hall–Kier alpha value is -2.76. The van der Waals surface area contributed by atoms with Gasteiger partial charge in [-0.2, -0.15) is 5.10 Å². The zero-order valence-electron chi connectivity index (χ0n) is 13.1. The molecule has 1 aromatic heterocycles. The smallest absolute Gasteiger partial charge is 0.251 e. The third kappa shape index (κ3) is 3.36. The van der Waals surface area contributed by atoms with Crippen LogP contribution in [0.4, 0.5) is 0 Å². The first-order chi connectivity index (χ1) is 11.2. The molecule has 3 rings (SSSR count). The molecule has 2 heterocycles. The molecule has 6 heteroatoms. The van der Waals surface area contributed by atoms with E-state index in [1.807, 2.05) is 38.1 Å². The number of amides is 1. The van der Waals surface area contributed by atoms with Crippen molar-refractivity contribution in [2.75, 3.05) is 13.2 Å². The summed E-state index contributed by atoms with van der Waals surface area (Å²) in [6.07, 6.45) is 5.31. The molecule has 0 radical (unpaired) electrons. The van der Waals surface area contributed by atoms with Crippen LogP contribution in [0.25, 0.3) is 6.08 Å². The highest BCUT2D eigenvalue weighted by atomic mass is 16.5. The summed E-state index contributed by atoms with van der Waals surface area (Å²) in [6, 6.07) is 5.48. The topological polar surface area (TPSA) is 76.2 Å². The molecule has 1 atom stereocenters. The van der Waals surface area contributed by atoms with Crippen molar-refractivity contribution < 1.29 is 14.3 Å². The Morgan fingerprint density at radius 1 is 1.52 bits per heavy atom. The standard InChI is InChI=1S/C17H19N3O3/c1-3-22-15-4-5-16-12(7-15)6-13(10-23-16)17(21)20-11(2)14-8-18-19-9-14/h4-9,11H,3,10H2,1-2H3,(H,18,19)(H,20,21)/t11-/m1/s1.